The van der Waals surface area contributed by atoms with Crippen LogP contribution in [0.3, 0.4) is 0 Å². The summed E-state index contributed by atoms with van der Waals surface area (Å²) in [7, 11) is 0. The van der Waals surface area contributed by atoms with Crippen molar-refractivity contribution in [1.82, 2.24) is 5.32 Å². The molecule has 0 saturated carbocycles. The largest absolute Gasteiger partial charge is 0.548 e. The highest BCUT2D eigenvalue weighted by Gasteiger charge is 2.14. The molecule has 0 bridgehead atoms. The number of carboxylic acids is 1. The Hall–Kier alpha value is -1.69. The second-order valence-corrected chi connectivity index (χ2v) is 6.15. The van der Waals surface area contributed by atoms with Crippen LogP contribution in [0.4, 0.5) is 0 Å². The molecule has 1 amide bonds. The quantitative estimate of drug-likeness (QED) is 0.771. The van der Waals surface area contributed by atoms with Crippen LogP contribution in [0.5, 0.6) is 5.75 Å². The van der Waals surface area contributed by atoms with Gasteiger partial charge >= 0.3 is 0 Å². The summed E-state index contributed by atoms with van der Waals surface area (Å²) in [5.41, 5.74) is 3.00. The van der Waals surface area contributed by atoms with Gasteiger partial charge in [-0.2, -0.15) is 11.8 Å². The molecule has 0 aromatic heterocycles. The predicted octanol–water partition coefficient (Wildman–Crippen LogP) is 0.978. The number of carboxylic acid groups (broad SMARTS) is 1. The van der Waals surface area contributed by atoms with Gasteiger partial charge in [0.2, 0.25) is 0 Å². The number of nitrogens with one attached hydrogen (secondary N) is 1. The van der Waals surface area contributed by atoms with Gasteiger partial charge < -0.3 is 20.0 Å². The van der Waals surface area contributed by atoms with Crippen LogP contribution in [0.25, 0.3) is 0 Å². The second kappa shape index (κ2) is 8.68. The minimum absolute atomic E-state index is 0.214. The molecular formula is C16H22NO4S-. The lowest BCUT2D eigenvalue weighted by atomic mass is 10.1. The Morgan fingerprint density at radius 3 is 2.50 bits per heavy atom. The van der Waals surface area contributed by atoms with Crippen LogP contribution in [0, 0.1) is 20.8 Å². The first-order valence-electron chi connectivity index (χ1n) is 7.05. The third kappa shape index (κ3) is 5.26. The number of benzene rings is 1. The molecular weight excluding hydrogens is 302 g/mol. The first-order chi connectivity index (χ1) is 10.4. The summed E-state index contributed by atoms with van der Waals surface area (Å²) < 4.78 is 5.56. The molecule has 0 heterocycles. The van der Waals surface area contributed by atoms with Gasteiger partial charge in [-0.05, 0) is 55.9 Å². The van der Waals surface area contributed by atoms with Crippen molar-refractivity contribution in [1.29, 1.82) is 0 Å². The van der Waals surface area contributed by atoms with Gasteiger partial charge in [0.25, 0.3) is 5.91 Å². The van der Waals surface area contributed by atoms with Crippen molar-refractivity contribution in [3.8, 4) is 5.75 Å². The van der Waals surface area contributed by atoms with E-state index in [0.29, 0.717) is 17.9 Å². The van der Waals surface area contributed by atoms with Crippen molar-refractivity contribution in [3.05, 3.63) is 28.8 Å². The molecule has 0 saturated heterocycles. The molecule has 0 spiro atoms. The number of hydrogen-bond acceptors (Lipinski definition) is 5. The molecule has 22 heavy (non-hydrogen) atoms. The molecule has 6 heteroatoms. The van der Waals surface area contributed by atoms with Crippen LogP contribution in [0.2, 0.25) is 0 Å². The molecule has 0 aliphatic carbocycles. The lowest BCUT2D eigenvalue weighted by molar-refractivity contribution is -0.308. The number of amides is 1. The number of aliphatic carboxylic acids is 1. The number of ether oxygens (including phenoxy) is 1. The molecule has 0 aliphatic heterocycles. The van der Waals surface area contributed by atoms with Crippen LogP contribution in [0.1, 0.15) is 23.1 Å². The van der Waals surface area contributed by atoms with E-state index in [2.05, 4.69) is 5.32 Å². The molecule has 122 valence electrons. The number of hydrogen-bond donors (Lipinski definition) is 1. The van der Waals surface area contributed by atoms with Crippen molar-refractivity contribution >= 4 is 23.6 Å². The lowest BCUT2D eigenvalue weighted by Crippen LogP contribution is -2.49. The van der Waals surface area contributed by atoms with Gasteiger partial charge in [0, 0.05) is 0 Å². The minimum Gasteiger partial charge on any atom is -0.548 e. The Morgan fingerprint density at radius 2 is 1.91 bits per heavy atom. The van der Waals surface area contributed by atoms with Crippen molar-refractivity contribution in [3.63, 3.8) is 0 Å². The fourth-order valence-electron chi connectivity index (χ4n) is 2.01. The van der Waals surface area contributed by atoms with E-state index in [1.165, 1.54) is 11.8 Å². The van der Waals surface area contributed by atoms with Crippen LogP contribution >= 0.6 is 11.8 Å². The van der Waals surface area contributed by atoms with E-state index in [9.17, 15) is 14.7 Å². The van der Waals surface area contributed by atoms with E-state index in [-0.39, 0.29) is 6.61 Å². The van der Waals surface area contributed by atoms with Crippen LogP contribution in [-0.2, 0) is 9.59 Å². The van der Waals surface area contributed by atoms with E-state index in [1.807, 2.05) is 39.2 Å². The summed E-state index contributed by atoms with van der Waals surface area (Å²) in [6, 6.07) is 2.94. The zero-order valence-electron chi connectivity index (χ0n) is 13.4. The van der Waals surface area contributed by atoms with Gasteiger partial charge in [-0.3, -0.25) is 4.79 Å². The Balaban J connectivity index is 2.62. The summed E-state index contributed by atoms with van der Waals surface area (Å²) in [6.45, 7) is 5.59. The average molecular weight is 324 g/mol. The highest BCUT2D eigenvalue weighted by molar-refractivity contribution is 7.98. The molecule has 5 nitrogen and oxygen atoms in total. The Labute approximate surface area is 135 Å². The average Bonchev–Trinajstić information content (AvgIpc) is 2.47. The van der Waals surface area contributed by atoms with Gasteiger partial charge in [0.15, 0.2) is 6.61 Å². The number of rotatable bonds is 8. The molecule has 1 rings (SSSR count). The summed E-state index contributed by atoms with van der Waals surface area (Å²) in [5, 5.41) is 13.4. The predicted molar refractivity (Wildman–Crippen MR) is 86.1 cm³/mol. The minimum atomic E-state index is -1.27. The zero-order valence-corrected chi connectivity index (χ0v) is 14.2. The second-order valence-electron chi connectivity index (χ2n) is 5.16. The van der Waals surface area contributed by atoms with Gasteiger partial charge in [-0.15, -0.1) is 0 Å². The summed E-state index contributed by atoms with van der Waals surface area (Å²) in [5.74, 6) is -0.430. The summed E-state index contributed by atoms with van der Waals surface area (Å²) >= 11 is 1.52. The molecule has 0 unspecified atom stereocenters. The molecule has 0 radical (unpaired) electrons. The van der Waals surface area contributed by atoms with E-state index >= 15 is 0 Å². The van der Waals surface area contributed by atoms with Crippen molar-refractivity contribution < 1.29 is 19.4 Å². The molecule has 1 atom stereocenters. The number of thioether (sulfide) groups is 1. The van der Waals surface area contributed by atoms with Gasteiger partial charge in [-0.25, -0.2) is 0 Å². The normalized spacial score (nSPS) is 11.8. The van der Waals surface area contributed by atoms with Crippen molar-refractivity contribution in [2.24, 2.45) is 0 Å². The maximum atomic E-state index is 11.9. The van der Waals surface area contributed by atoms with Crippen molar-refractivity contribution in [2.45, 2.75) is 33.2 Å². The first-order valence-corrected chi connectivity index (χ1v) is 8.45. The third-order valence-electron chi connectivity index (χ3n) is 3.45. The Morgan fingerprint density at radius 1 is 1.27 bits per heavy atom. The molecule has 0 aliphatic rings. The van der Waals surface area contributed by atoms with E-state index < -0.39 is 17.9 Å². The van der Waals surface area contributed by atoms with Gasteiger partial charge in [-0.1, -0.05) is 12.1 Å². The SMILES string of the molecule is CSCC[C@H](NC(=O)COc1c(C)ccc(C)c1C)C(=O)[O-]. The Kier molecular flexibility index (Phi) is 7.24. The zero-order chi connectivity index (χ0) is 16.7. The highest BCUT2D eigenvalue weighted by atomic mass is 32.2. The van der Waals surface area contributed by atoms with Gasteiger partial charge in [0.05, 0.1) is 12.0 Å². The van der Waals surface area contributed by atoms with Crippen LogP contribution < -0.4 is 15.2 Å². The Bertz CT molecular complexity index is 545. The third-order valence-corrected chi connectivity index (χ3v) is 4.10. The number of carbonyl (C=O) groups excluding carboxylic acids is 2. The van der Waals surface area contributed by atoms with Crippen LogP contribution in [-0.4, -0.2) is 36.5 Å². The molecule has 0 fully saturated rings. The summed E-state index contributed by atoms with van der Waals surface area (Å²) in [4.78, 5) is 22.9. The van der Waals surface area contributed by atoms with Gasteiger partial charge in [0.1, 0.15) is 5.75 Å². The maximum Gasteiger partial charge on any atom is 0.258 e. The maximum absolute atomic E-state index is 11.9. The topological polar surface area (TPSA) is 78.5 Å². The fourth-order valence-corrected chi connectivity index (χ4v) is 2.48. The van der Waals surface area contributed by atoms with E-state index in [1.54, 1.807) is 0 Å². The highest BCUT2D eigenvalue weighted by Crippen LogP contribution is 2.25. The smallest absolute Gasteiger partial charge is 0.258 e. The van der Waals surface area contributed by atoms with Crippen molar-refractivity contribution in [2.75, 3.05) is 18.6 Å². The first kappa shape index (κ1) is 18.4. The van der Waals surface area contributed by atoms with Crippen LogP contribution in [0.15, 0.2) is 12.1 Å². The molecule has 1 aromatic carbocycles. The molecule has 1 N–H and O–H groups in total. The standard InChI is InChI=1S/C16H23NO4S/c1-10-5-6-11(2)15(12(10)3)21-9-14(18)17-13(16(19)20)7-8-22-4/h5-6,13H,7-9H2,1-4H3,(H,17,18)(H,19,20)/p-1/t13-/m0/s1. The van der Waals surface area contributed by atoms with E-state index in [4.69, 9.17) is 4.74 Å². The number of aryl methyl sites for hydroxylation is 2. The lowest BCUT2D eigenvalue weighted by Gasteiger charge is -2.20. The number of carbonyl (C=O) groups is 2. The fraction of sp³-hybridized carbons (Fsp3) is 0.500. The monoisotopic (exact) mass is 324 g/mol. The summed E-state index contributed by atoms with van der Waals surface area (Å²) in [6.07, 6.45) is 2.21. The van der Waals surface area contributed by atoms with E-state index in [0.717, 1.165) is 16.7 Å². The molecule has 1 aromatic rings.